The number of nitrogens with one attached hydrogen (secondary N) is 2. The molecule has 1 aliphatic heterocycles. The Labute approximate surface area is 147 Å². The monoisotopic (exact) mass is 344 g/mol. The highest BCUT2D eigenvalue weighted by atomic mass is 32.1. The van der Waals surface area contributed by atoms with Crippen LogP contribution in [0.1, 0.15) is 36.0 Å². The molecule has 3 rings (SSSR count). The van der Waals surface area contributed by atoms with Crippen molar-refractivity contribution < 1.29 is 4.74 Å². The first-order valence-corrected chi connectivity index (χ1v) is 9.17. The minimum Gasteiger partial charge on any atom is -0.488 e. The van der Waals surface area contributed by atoms with Gasteiger partial charge in [0.2, 0.25) is 0 Å². The van der Waals surface area contributed by atoms with Crippen LogP contribution in [-0.4, -0.2) is 30.6 Å². The Hall–Kier alpha value is -2.08. The van der Waals surface area contributed by atoms with Gasteiger partial charge in [0.15, 0.2) is 5.96 Å². The van der Waals surface area contributed by atoms with Gasteiger partial charge in [-0.3, -0.25) is 4.99 Å². The summed E-state index contributed by atoms with van der Waals surface area (Å²) in [6.07, 6.45) is 1.08. The molecule has 2 N–H and O–H groups in total. The number of hydrogen-bond donors (Lipinski definition) is 2. The van der Waals surface area contributed by atoms with Crippen LogP contribution in [0, 0.1) is 0 Å². The number of hydrogen-bond acceptors (Lipinski definition) is 4. The molecule has 1 atom stereocenters. The molecular formula is C18H24N4OS. The standard InChI is InChI=1S/C18H24N4OS/c1-12(2)17-22-14(11-24-17)9-20-18(19-3)21-10-15-8-13-6-4-5-7-16(13)23-15/h4-7,11-12,15H,8-10H2,1-3H3,(H2,19,20,21). The summed E-state index contributed by atoms with van der Waals surface area (Å²) >= 11 is 1.71. The lowest BCUT2D eigenvalue weighted by Crippen LogP contribution is -2.42. The molecule has 1 unspecified atom stereocenters. The molecule has 0 radical (unpaired) electrons. The van der Waals surface area contributed by atoms with Crippen LogP contribution in [0.2, 0.25) is 0 Å². The van der Waals surface area contributed by atoms with E-state index in [9.17, 15) is 0 Å². The van der Waals surface area contributed by atoms with Crippen molar-refractivity contribution in [2.45, 2.75) is 38.8 Å². The molecular weight excluding hydrogens is 320 g/mol. The van der Waals surface area contributed by atoms with Gasteiger partial charge >= 0.3 is 0 Å². The van der Waals surface area contributed by atoms with Crippen LogP contribution < -0.4 is 15.4 Å². The number of benzene rings is 1. The lowest BCUT2D eigenvalue weighted by Gasteiger charge is -2.15. The smallest absolute Gasteiger partial charge is 0.191 e. The van der Waals surface area contributed by atoms with Crippen molar-refractivity contribution in [1.29, 1.82) is 0 Å². The van der Waals surface area contributed by atoms with Crippen LogP contribution in [0.4, 0.5) is 0 Å². The molecule has 2 aromatic rings. The van der Waals surface area contributed by atoms with Gasteiger partial charge in [0.25, 0.3) is 0 Å². The number of thiazole rings is 1. The molecule has 0 saturated carbocycles. The summed E-state index contributed by atoms with van der Waals surface area (Å²) in [6.45, 7) is 5.73. The van der Waals surface area contributed by atoms with E-state index >= 15 is 0 Å². The van der Waals surface area contributed by atoms with Gasteiger partial charge in [-0.05, 0) is 11.6 Å². The molecule has 0 saturated heterocycles. The quantitative estimate of drug-likeness (QED) is 0.647. The maximum atomic E-state index is 5.94. The minimum atomic E-state index is 0.146. The topological polar surface area (TPSA) is 58.5 Å². The Bertz CT molecular complexity index is 686. The maximum Gasteiger partial charge on any atom is 0.191 e. The third-order valence-electron chi connectivity index (χ3n) is 3.93. The zero-order valence-corrected chi connectivity index (χ0v) is 15.2. The molecule has 2 heterocycles. The molecule has 1 aliphatic rings. The fourth-order valence-corrected chi connectivity index (χ4v) is 3.48. The third kappa shape index (κ3) is 4.06. The van der Waals surface area contributed by atoms with E-state index in [4.69, 9.17) is 4.74 Å². The Morgan fingerprint density at radius 3 is 2.92 bits per heavy atom. The van der Waals surface area contributed by atoms with Crippen LogP contribution in [0.15, 0.2) is 34.6 Å². The number of aliphatic imine (C=N–C) groups is 1. The lowest BCUT2D eigenvalue weighted by atomic mass is 10.1. The molecule has 0 bridgehead atoms. The average molecular weight is 344 g/mol. The van der Waals surface area contributed by atoms with E-state index in [1.54, 1.807) is 18.4 Å². The first-order chi connectivity index (χ1) is 11.7. The Morgan fingerprint density at radius 1 is 1.38 bits per heavy atom. The van der Waals surface area contributed by atoms with Gasteiger partial charge in [-0.1, -0.05) is 32.0 Å². The van der Waals surface area contributed by atoms with Crippen molar-refractivity contribution in [2.75, 3.05) is 13.6 Å². The molecule has 6 heteroatoms. The van der Waals surface area contributed by atoms with Crippen LogP contribution in [0.5, 0.6) is 5.75 Å². The first-order valence-electron chi connectivity index (χ1n) is 8.29. The summed E-state index contributed by atoms with van der Waals surface area (Å²) < 4.78 is 5.94. The summed E-state index contributed by atoms with van der Waals surface area (Å²) in [5.41, 5.74) is 2.33. The van der Waals surface area contributed by atoms with Gasteiger partial charge in [-0.2, -0.15) is 0 Å². The van der Waals surface area contributed by atoms with Gasteiger partial charge in [0.1, 0.15) is 11.9 Å². The van der Waals surface area contributed by atoms with Gasteiger partial charge in [0, 0.05) is 24.8 Å². The van der Waals surface area contributed by atoms with Crippen LogP contribution >= 0.6 is 11.3 Å². The molecule has 0 aliphatic carbocycles. The maximum absolute atomic E-state index is 5.94. The summed E-state index contributed by atoms with van der Waals surface area (Å²) in [7, 11) is 1.78. The van der Waals surface area contributed by atoms with Gasteiger partial charge < -0.3 is 15.4 Å². The van der Waals surface area contributed by atoms with E-state index < -0.39 is 0 Å². The highest BCUT2D eigenvalue weighted by molar-refractivity contribution is 7.09. The molecule has 0 fully saturated rings. The zero-order chi connectivity index (χ0) is 16.9. The second-order valence-electron chi connectivity index (χ2n) is 6.19. The summed E-state index contributed by atoms with van der Waals surface area (Å²) in [4.78, 5) is 8.90. The molecule has 1 aromatic carbocycles. The van der Waals surface area contributed by atoms with Crippen molar-refractivity contribution in [3.8, 4) is 5.75 Å². The lowest BCUT2D eigenvalue weighted by molar-refractivity contribution is 0.235. The van der Waals surface area contributed by atoms with E-state index in [1.165, 1.54) is 10.6 Å². The van der Waals surface area contributed by atoms with Crippen molar-refractivity contribution in [3.63, 3.8) is 0 Å². The number of para-hydroxylation sites is 1. The highest BCUT2D eigenvalue weighted by Crippen LogP contribution is 2.27. The van der Waals surface area contributed by atoms with E-state index in [-0.39, 0.29) is 6.10 Å². The van der Waals surface area contributed by atoms with Crippen LogP contribution in [0.3, 0.4) is 0 Å². The number of aromatic nitrogens is 1. The van der Waals surface area contributed by atoms with Crippen molar-refractivity contribution in [2.24, 2.45) is 4.99 Å². The molecule has 24 heavy (non-hydrogen) atoms. The first kappa shape index (κ1) is 16.8. The average Bonchev–Trinajstić information content (AvgIpc) is 3.21. The zero-order valence-electron chi connectivity index (χ0n) is 14.4. The van der Waals surface area contributed by atoms with Gasteiger partial charge in [-0.15, -0.1) is 11.3 Å². The van der Waals surface area contributed by atoms with Gasteiger partial charge in [0.05, 0.1) is 23.8 Å². The van der Waals surface area contributed by atoms with Crippen molar-refractivity contribution in [1.82, 2.24) is 15.6 Å². The molecule has 5 nitrogen and oxygen atoms in total. The number of ether oxygens (including phenoxy) is 1. The second-order valence-corrected chi connectivity index (χ2v) is 7.08. The predicted octanol–water partition coefficient (Wildman–Crippen LogP) is 2.94. The molecule has 0 amide bonds. The van der Waals surface area contributed by atoms with E-state index in [2.05, 4.69) is 52.0 Å². The Balaban J connectivity index is 1.46. The number of fused-ring (bicyclic) bond motifs is 1. The fraction of sp³-hybridized carbons (Fsp3) is 0.444. The number of rotatable bonds is 5. The number of guanidine groups is 1. The number of nitrogens with zero attached hydrogens (tertiary/aromatic N) is 2. The molecule has 1 aromatic heterocycles. The van der Waals surface area contributed by atoms with Crippen molar-refractivity contribution >= 4 is 17.3 Å². The summed E-state index contributed by atoms with van der Waals surface area (Å²) in [5.74, 6) is 2.24. The molecule has 0 spiro atoms. The highest BCUT2D eigenvalue weighted by Gasteiger charge is 2.22. The third-order valence-corrected chi connectivity index (χ3v) is 5.13. The normalized spacial score (nSPS) is 16.8. The van der Waals surface area contributed by atoms with Crippen molar-refractivity contribution in [3.05, 3.63) is 45.9 Å². The van der Waals surface area contributed by atoms with E-state index in [0.717, 1.165) is 30.4 Å². The SMILES string of the molecule is CN=C(NCc1csc(C(C)C)n1)NCC1Cc2ccccc2O1. The van der Waals surface area contributed by atoms with E-state index in [0.29, 0.717) is 12.5 Å². The Kier molecular flexibility index (Phi) is 5.35. The predicted molar refractivity (Wildman–Crippen MR) is 99.0 cm³/mol. The largest absolute Gasteiger partial charge is 0.488 e. The minimum absolute atomic E-state index is 0.146. The van der Waals surface area contributed by atoms with E-state index in [1.807, 2.05) is 12.1 Å². The van der Waals surface area contributed by atoms with Crippen LogP contribution in [0.25, 0.3) is 0 Å². The van der Waals surface area contributed by atoms with Gasteiger partial charge in [-0.25, -0.2) is 4.98 Å². The fourth-order valence-electron chi connectivity index (χ4n) is 2.64. The molecule has 128 valence electrons. The summed E-state index contributed by atoms with van der Waals surface area (Å²) in [6, 6.07) is 8.21. The summed E-state index contributed by atoms with van der Waals surface area (Å²) in [5, 5.41) is 9.92. The van der Waals surface area contributed by atoms with Crippen LogP contribution in [-0.2, 0) is 13.0 Å². The second kappa shape index (κ2) is 7.66. The Morgan fingerprint density at radius 2 is 2.21 bits per heavy atom.